The number of aryl methyl sites for hydroxylation is 1. The maximum Gasteiger partial charge on any atom is 0.191 e. The zero-order chi connectivity index (χ0) is 19.8. The highest BCUT2D eigenvalue weighted by Crippen LogP contribution is 2.18. The van der Waals surface area contributed by atoms with Crippen LogP contribution in [0.25, 0.3) is 0 Å². The number of guanidine groups is 1. The van der Waals surface area contributed by atoms with E-state index >= 15 is 0 Å². The number of aliphatic imine (C=N–C) groups is 1. The Labute approximate surface area is 163 Å². The molecule has 0 bridgehead atoms. The molecule has 1 atom stereocenters. The molecular weight excluding hydrogens is 338 g/mol. The first kappa shape index (κ1) is 21.0. The largest absolute Gasteiger partial charge is 0.359 e. The summed E-state index contributed by atoms with van der Waals surface area (Å²) in [6.07, 6.45) is 1.06. The van der Waals surface area contributed by atoms with Gasteiger partial charge in [0.15, 0.2) is 11.7 Å². The molecule has 0 aliphatic rings. The fourth-order valence-corrected chi connectivity index (χ4v) is 2.84. The first-order valence-electron chi connectivity index (χ1n) is 9.59. The third kappa shape index (κ3) is 6.10. The standard InChI is InChI=1S/C21H33N5O/c1-7-16-8-10-17(11-9-16)20(26(5)6)14-24-21(22-4)23-13-18-12-19(15(2)3)25-27-18/h8-12,15,20H,7,13-14H2,1-6H3,(H2,22,23,24). The normalized spacial score (nSPS) is 13.3. The monoisotopic (exact) mass is 371 g/mol. The molecular formula is C21H33N5O. The van der Waals surface area contributed by atoms with Crippen molar-refractivity contribution in [2.24, 2.45) is 4.99 Å². The average molecular weight is 372 g/mol. The van der Waals surface area contributed by atoms with Crippen LogP contribution in [0.3, 0.4) is 0 Å². The molecule has 27 heavy (non-hydrogen) atoms. The summed E-state index contributed by atoms with van der Waals surface area (Å²) in [5.74, 6) is 1.91. The van der Waals surface area contributed by atoms with Gasteiger partial charge in [-0.2, -0.15) is 0 Å². The molecule has 1 aromatic heterocycles. The molecule has 0 aliphatic heterocycles. The van der Waals surface area contributed by atoms with Gasteiger partial charge in [0.1, 0.15) is 0 Å². The van der Waals surface area contributed by atoms with Crippen LogP contribution in [-0.4, -0.2) is 43.7 Å². The minimum Gasteiger partial charge on any atom is -0.359 e. The fourth-order valence-electron chi connectivity index (χ4n) is 2.84. The molecule has 0 amide bonds. The van der Waals surface area contributed by atoms with Crippen LogP contribution in [0.15, 0.2) is 39.8 Å². The Kier molecular flexibility index (Phi) is 7.85. The molecule has 0 aliphatic carbocycles. The van der Waals surface area contributed by atoms with Crippen molar-refractivity contribution in [1.29, 1.82) is 0 Å². The number of nitrogens with zero attached hydrogens (tertiary/aromatic N) is 3. The van der Waals surface area contributed by atoms with Gasteiger partial charge in [0, 0.05) is 19.7 Å². The Hall–Kier alpha value is -2.34. The summed E-state index contributed by atoms with van der Waals surface area (Å²) in [7, 11) is 5.96. The Bertz CT molecular complexity index is 718. The molecule has 2 N–H and O–H groups in total. The lowest BCUT2D eigenvalue weighted by molar-refractivity contribution is 0.298. The average Bonchev–Trinajstić information content (AvgIpc) is 3.14. The number of nitrogens with one attached hydrogen (secondary N) is 2. The van der Waals surface area contributed by atoms with Crippen LogP contribution in [0.4, 0.5) is 0 Å². The Morgan fingerprint density at radius 3 is 2.41 bits per heavy atom. The highest BCUT2D eigenvalue weighted by Gasteiger charge is 2.15. The van der Waals surface area contributed by atoms with Crippen LogP contribution in [-0.2, 0) is 13.0 Å². The smallest absolute Gasteiger partial charge is 0.191 e. The Morgan fingerprint density at radius 1 is 1.19 bits per heavy atom. The van der Waals surface area contributed by atoms with Gasteiger partial charge in [0.2, 0.25) is 0 Å². The number of likely N-dealkylation sites (N-methyl/N-ethyl adjacent to an activating group) is 1. The summed E-state index contributed by atoms with van der Waals surface area (Å²) in [6.45, 7) is 7.69. The summed E-state index contributed by atoms with van der Waals surface area (Å²) in [5.41, 5.74) is 3.62. The molecule has 6 nitrogen and oxygen atoms in total. The Morgan fingerprint density at radius 2 is 1.89 bits per heavy atom. The third-order valence-corrected chi connectivity index (χ3v) is 4.68. The molecule has 0 radical (unpaired) electrons. The van der Waals surface area contributed by atoms with Crippen molar-refractivity contribution < 1.29 is 4.52 Å². The maximum absolute atomic E-state index is 5.37. The second kappa shape index (κ2) is 10.1. The lowest BCUT2D eigenvalue weighted by atomic mass is 10.0. The van der Waals surface area contributed by atoms with Crippen molar-refractivity contribution >= 4 is 5.96 Å². The predicted molar refractivity (Wildman–Crippen MR) is 111 cm³/mol. The molecule has 1 heterocycles. The van der Waals surface area contributed by atoms with Crippen LogP contribution in [0.1, 0.15) is 55.3 Å². The van der Waals surface area contributed by atoms with E-state index in [1.165, 1.54) is 11.1 Å². The van der Waals surface area contributed by atoms with E-state index in [9.17, 15) is 0 Å². The van der Waals surface area contributed by atoms with Crippen molar-refractivity contribution in [1.82, 2.24) is 20.7 Å². The summed E-state index contributed by atoms with van der Waals surface area (Å²) in [6, 6.07) is 11.1. The molecule has 1 unspecified atom stereocenters. The van der Waals surface area contributed by atoms with Crippen molar-refractivity contribution in [3.8, 4) is 0 Å². The zero-order valence-corrected chi connectivity index (χ0v) is 17.4. The van der Waals surface area contributed by atoms with Crippen LogP contribution >= 0.6 is 0 Å². The van der Waals surface area contributed by atoms with E-state index in [0.29, 0.717) is 12.5 Å². The van der Waals surface area contributed by atoms with Crippen molar-refractivity contribution in [3.05, 3.63) is 52.9 Å². The van der Waals surface area contributed by atoms with Gasteiger partial charge in [-0.1, -0.05) is 50.2 Å². The molecule has 148 valence electrons. The number of hydrogen-bond acceptors (Lipinski definition) is 4. The molecule has 1 aromatic carbocycles. The van der Waals surface area contributed by atoms with E-state index in [-0.39, 0.29) is 6.04 Å². The van der Waals surface area contributed by atoms with Gasteiger partial charge in [-0.05, 0) is 37.6 Å². The Balaban J connectivity index is 1.93. The van der Waals surface area contributed by atoms with Gasteiger partial charge in [-0.25, -0.2) is 0 Å². The lowest BCUT2D eigenvalue weighted by Crippen LogP contribution is -2.41. The van der Waals surface area contributed by atoms with E-state index in [4.69, 9.17) is 4.52 Å². The molecule has 6 heteroatoms. The molecule has 0 saturated heterocycles. The van der Waals surface area contributed by atoms with Crippen LogP contribution in [0.5, 0.6) is 0 Å². The predicted octanol–water partition coefficient (Wildman–Crippen LogP) is 3.33. The molecule has 2 rings (SSSR count). The second-order valence-electron chi connectivity index (χ2n) is 7.25. The third-order valence-electron chi connectivity index (χ3n) is 4.68. The maximum atomic E-state index is 5.37. The van der Waals surface area contributed by atoms with Gasteiger partial charge >= 0.3 is 0 Å². The molecule has 0 spiro atoms. The molecule has 0 saturated carbocycles. The van der Waals surface area contributed by atoms with Gasteiger partial charge < -0.3 is 20.1 Å². The van der Waals surface area contributed by atoms with E-state index in [2.05, 4.69) is 84.8 Å². The van der Waals surface area contributed by atoms with Crippen molar-refractivity contribution in [2.75, 3.05) is 27.7 Å². The van der Waals surface area contributed by atoms with Crippen LogP contribution in [0, 0.1) is 0 Å². The molecule has 0 fully saturated rings. The number of aromatic nitrogens is 1. The van der Waals surface area contributed by atoms with Gasteiger partial charge in [0.25, 0.3) is 0 Å². The quantitative estimate of drug-likeness (QED) is 0.550. The fraction of sp³-hybridized carbons (Fsp3) is 0.524. The van der Waals surface area contributed by atoms with E-state index in [1.54, 1.807) is 7.05 Å². The van der Waals surface area contributed by atoms with E-state index in [0.717, 1.165) is 30.4 Å². The summed E-state index contributed by atoms with van der Waals surface area (Å²) in [4.78, 5) is 6.53. The van der Waals surface area contributed by atoms with Gasteiger partial charge in [0.05, 0.1) is 18.3 Å². The zero-order valence-electron chi connectivity index (χ0n) is 17.4. The first-order valence-corrected chi connectivity index (χ1v) is 9.59. The second-order valence-corrected chi connectivity index (χ2v) is 7.25. The summed E-state index contributed by atoms with van der Waals surface area (Å²) >= 11 is 0. The van der Waals surface area contributed by atoms with E-state index < -0.39 is 0 Å². The minimum atomic E-state index is 0.257. The van der Waals surface area contributed by atoms with E-state index in [1.807, 2.05) is 6.07 Å². The first-order chi connectivity index (χ1) is 12.9. The van der Waals surface area contributed by atoms with Crippen LogP contribution < -0.4 is 10.6 Å². The summed E-state index contributed by atoms with van der Waals surface area (Å²) < 4.78 is 5.37. The van der Waals surface area contributed by atoms with Gasteiger partial charge in [-0.15, -0.1) is 0 Å². The number of hydrogen-bond donors (Lipinski definition) is 2. The molecule has 2 aromatic rings. The topological polar surface area (TPSA) is 65.7 Å². The van der Waals surface area contributed by atoms with Crippen molar-refractivity contribution in [2.45, 2.75) is 45.7 Å². The minimum absolute atomic E-state index is 0.257. The summed E-state index contributed by atoms with van der Waals surface area (Å²) in [5, 5.41) is 10.8. The highest BCUT2D eigenvalue weighted by atomic mass is 16.5. The van der Waals surface area contributed by atoms with Crippen molar-refractivity contribution in [3.63, 3.8) is 0 Å². The van der Waals surface area contributed by atoms with Crippen LogP contribution in [0.2, 0.25) is 0 Å². The SMILES string of the molecule is CCc1ccc(C(CNC(=NC)NCc2cc(C(C)C)no2)N(C)C)cc1. The lowest BCUT2D eigenvalue weighted by Gasteiger charge is -2.26. The highest BCUT2D eigenvalue weighted by molar-refractivity contribution is 5.79. The number of rotatable bonds is 8. The number of benzene rings is 1. The van der Waals surface area contributed by atoms with Gasteiger partial charge in [-0.3, -0.25) is 4.99 Å².